The van der Waals surface area contributed by atoms with E-state index in [9.17, 15) is 19.7 Å². The number of carbonyl (C=O) groups excluding carboxylic acids is 2. The summed E-state index contributed by atoms with van der Waals surface area (Å²) in [7, 11) is 0. The third-order valence-electron chi connectivity index (χ3n) is 3.50. The maximum Gasteiger partial charge on any atom is 0.288 e. The first-order chi connectivity index (χ1) is 12.3. The van der Waals surface area contributed by atoms with Crippen LogP contribution in [0.4, 0.5) is 5.69 Å². The summed E-state index contributed by atoms with van der Waals surface area (Å²) < 4.78 is 0. The molecule has 0 bridgehead atoms. The largest absolute Gasteiger partial charge is 0.350 e. The normalized spacial score (nSPS) is 11.5. The van der Waals surface area contributed by atoms with Crippen LogP contribution in [0.5, 0.6) is 0 Å². The molecule has 0 heterocycles. The van der Waals surface area contributed by atoms with E-state index in [-0.39, 0.29) is 22.8 Å². The second-order valence-corrected chi connectivity index (χ2v) is 6.31. The quantitative estimate of drug-likeness (QED) is 0.578. The van der Waals surface area contributed by atoms with Crippen LogP contribution in [-0.2, 0) is 11.3 Å². The molecule has 0 saturated heterocycles. The third-order valence-corrected chi connectivity index (χ3v) is 4.06. The Morgan fingerprint density at radius 3 is 2.58 bits per heavy atom. The highest BCUT2D eigenvalue weighted by Crippen LogP contribution is 2.25. The van der Waals surface area contributed by atoms with E-state index in [0.29, 0.717) is 5.02 Å². The van der Waals surface area contributed by atoms with Crippen molar-refractivity contribution >= 4 is 40.7 Å². The van der Waals surface area contributed by atoms with Gasteiger partial charge in [0.2, 0.25) is 5.91 Å². The minimum absolute atomic E-state index is 0.0376. The summed E-state index contributed by atoms with van der Waals surface area (Å²) in [6.07, 6.45) is 0. The van der Waals surface area contributed by atoms with Crippen molar-refractivity contribution in [1.29, 1.82) is 0 Å². The van der Waals surface area contributed by atoms with Crippen molar-refractivity contribution in [3.8, 4) is 0 Å². The van der Waals surface area contributed by atoms with Gasteiger partial charge in [0.1, 0.15) is 11.1 Å². The Kier molecular flexibility index (Phi) is 6.54. The van der Waals surface area contributed by atoms with E-state index in [1.54, 1.807) is 18.2 Å². The number of carbonyl (C=O) groups is 2. The van der Waals surface area contributed by atoms with Crippen molar-refractivity contribution in [1.82, 2.24) is 10.6 Å². The van der Waals surface area contributed by atoms with Gasteiger partial charge >= 0.3 is 0 Å². The van der Waals surface area contributed by atoms with E-state index in [2.05, 4.69) is 10.6 Å². The van der Waals surface area contributed by atoms with Crippen molar-refractivity contribution in [3.05, 3.63) is 73.8 Å². The van der Waals surface area contributed by atoms with E-state index in [1.165, 1.54) is 19.1 Å². The van der Waals surface area contributed by atoms with Crippen LogP contribution < -0.4 is 10.6 Å². The molecular weight excluding hydrogens is 381 g/mol. The lowest BCUT2D eigenvalue weighted by Gasteiger charge is -2.14. The second-order valence-electron chi connectivity index (χ2n) is 5.47. The number of amides is 2. The summed E-state index contributed by atoms with van der Waals surface area (Å²) in [6.45, 7) is 1.77. The van der Waals surface area contributed by atoms with Crippen molar-refractivity contribution in [3.63, 3.8) is 0 Å². The Morgan fingerprint density at radius 2 is 1.92 bits per heavy atom. The number of nitrogens with one attached hydrogen (secondary N) is 2. The van der Waals surface area contributed by atoms with Gasteiger partial charge in [-0.2, -0.15) is 0 Å². The van der Waals surface area contributed by atoms with Crippen LogP contribution in [-0.4, -0.2) is 22.8 Å². The van der Waals surface area contributed by atoms with E-state index in [1.807, 2.05) is 6.07 Å². The van der Waals surface area contributed by atoms with Gasteiger partial charge in [-0.25, -0.2) is 0 Å². The molecule has 0 spiro atoms. The predicted molar refractivity (Wildman–Crippen MR) is 98.3 cm³/mol. The molecule has 0 saturated carbocycles. The van der Waals surface area contributed by atoms with Crippen LogP contribution in [0.25, 0.3) is 0 Å². The minimum atomic E-state index is -0.837. The topological polar surface area (TPSA) is 101 Å². The van der Waals surface area contributed by atoms with Gasteiger partial charge in [0.15, 0.2) is 0 Å². The predicted octanol–water partition coefficient (Wildman–Crippen LogP) is 3.34. The first-order valence-corrected chi connectivity index (χ1v) is 8.30. The number of hydrogen-bond acceptors (Lipinski definition) is 4. The first kappa shape index (κ1) is 19.7. The van der Waals surface area contributed by atoms with Crippen LogP contribution in [0.1, 0.15) is 22.8 Å². The zero-order chi connectivity index (χ0) is 19.3. The molecule has 0 unspecified atom stereocenters. The molecule has 2 aromatic rings. The Balaban J connectivity index is 1.96. The Morgan fingerprint density at radius 1 is 1.19 bits per heavy atom. The zero-order valence-electron chi connectivity index (χ0n) is 13.7. The average Bonchev–Trinajstić information content (AvgIpc) is 2.59. The fraction of sp³-hybridized carbons (Fsp3) is 0.176. The molecule has 2 rings (SSSR count). The first-order valence-electron chi connectivity index (χ1n) is 7.55. The second kappa shape index (κ2) is 8.64. The molecule has 2 aromatic carbocycles. The fourth-order valence-electron chi connectivity index (χ4n) is 2.13. The number of halogens is 2. The number of rotatable bonds is 6. The van der Waals surface area contributed by atoms with Crippen molar-refractivity contribution in [2.75, 3.05) is 0 Å². The molecule has 0 aliphatic carbocycles. The lowest BCUT2D eigenvalue weighted by molar-refractivity contribution is -0.384. The standard InChI is InChI=1S/C17H15Cl2N3O4/c1-10(16(23)20-9-11-3-2-4-13(18)7-11)21-17(24)12-5-6-14(19)15(8-12)22(25)26/h2-8,10H,9H2,1H3,(H,20,23)(H,21,24)/t10-/m0/s1. The monoisotopic (exact) mass is 395 g/mol. The number of benzene rings is 2. The van der Waals surface area contributed by atoms with Gasteiger partial charge in [-0.3, -0.25) is 19.7 Å². The molecule has 0 fully saturated rings. The number of nitro groups is 1. The summed E-state index contributed by atoms with van der Waals surface area (Å²) in [5.74, 6) is -1.02. The van der Waals surface area contributed by atoms with Gasteiger partial charge in [0.25, 0.3) is 11.6 Å². The third kappa shape index (κ3) is 5.18. The van der Waals surface area contributed by atoms with Crippen molar-refractivity contribution in [2.24, 2.45) is 0 Å². The minimum Gasteiger partial charge on any atom is -0.350 e. The maximum absolute atomic E-state index is 12.2. The zero-order valence-corrected chi connectivity index (χ0v) is 15.2. The molecule has 136 valence electrons. The highest BCUT2D eigenvalue weighted by Gasteiger charge is 2.20. The lowest BCUT2D eigenvalue weighted by atomic mass is 10.1. The molecule has 0 aliphatic heterocycles. The van der Waals surface area contributed by atoms with Gasteiger partial charge in [-0.05, 0) is 36.8 Å². The summed E-state index contributed by atoms with van der Waals surface area (Å²) in [4.78, 5) is 34.5. The Hall–Kier alpha value is -2.64. The highest BCUT2D eigenvalue weighted by molar-refractivity contribution is 6.32. The molecule has 1 atom stereocenters. The van der Waals surface area contributed by atoms with Gasteiger partial charge in [0, 0.05) is 23.2 Å². The van der Waals surface area contributed by atoms with Gasteiger partial charge in [0.05, 0.1) is 4.92 Å². The molecule has 0 aliphatic rings. The summed E-state index contributed by atoms with van der Waals surface area (Å²) in [5, 5.41) is 16.5. The van der Waals surface area contributed by atoms with Gasteiger partial charge < -0.3 is 10.6 Å². The maximum atomic E-state index is 12.2. The van der Waals surface area contributed by atoms with E-state index in [4.69, 9.17) is 23.2 Å². The van der Waals surface area contributed by atoms with E-state index in [0.717, 1.165) is 11.6 Å². The average molecular weight is 396 g/mol. The van der Waals surface area contributed by atoms with Crippen molar-refractivity contribution < 1.29 is 14.5 Å². The summed E-state index contributed by atoms with van der Waals surface area (Å²) in [6, 6.07) is 9.86. The van der Waals surface area contributed by atoms with Crippen molar-refractivity contribution in [2.45, 2.75) is 19.5 Å². The van der Waals surface area contributed by atoms with Crippen LogP contribution in [0.3, 0.4) is 0 Å². The fourth-order valence-corrected chi connectivity index (χ4v) is 2.53. The molecule has 0 aromatic heterocycles. The molecule has 9 heteroatoms. The molecule has 0 radical (unpaired) electrons. The summed E-state index contributed by atoms with van der Waals surface area (Å²) >= 11 is 11.6. The van der Waals surface area contributed by atoms with Crippen LogP contribution in [0, 0.1) is 10.1 Å². The Labute approximate surface area is 159 Å². The molecule has 7 nitrogen and oxygen atoms in total. The van der Waals surface area contributed by atoms with Crippen LogP contribution >= 0.6 is 23.2 Å². The lowest BCUT2D eigenvalue weighted by Crippen LogP contribution is -2.44. The van der Waals surface area contributed by atoms with Crippen LogP contribution in [0.2, 0.25) is 10.0 Å². The Bertz CT molecular complexity index is 858. The van der Waals surface area contributed by atoms with Gasteiger partial charge in [-0.1, -0.05) is 35.3 Å². The van der Waals surface area contributed by atoms with Gasteiger partial charge in [-0.15, -0.1) is 0 Å². The summed E-state index contributed by atoms with van der Waals surface area (Å²) in [5.41, 5.74) is 0.477. The molecule has 2 amide bonds. The van der Waals surface area contributed by atoms with E-state index < -0.39 is 22.8 Å². The number of nitro benzene ring substituents is 1. The molecule has 2 N–H and O–H groups in total. The highest BCUT2D eigenvalue weighted by atomic mass is 35.5. The van der Waals surface area contributed by atoms with E-state index >= 15 is 0 Å². The smallest absolute Gasteiger partial charge is 0.288 e. The number of hydrogen-bond donors (Lipinski definition) is 2. The molecule has 26 heavy (non-hydrogen) atoms. The SMILES string of the molecule is C[C@H](NC(=O)c1ccc(Cl)c([N+](=O)[O-])c1)C(=O)NCc1cccc(Cl)c1. The number of nitrogens with zero attached hydrogens (tertiary/aromatic N) is 1. The molecular formula is C17H15Cl2N3O4. The van der Waals surface area contributed by atoms with Crippen LogP contribution in [0.15, 0.2) is 42.5 Å².